The first-order valence-electron chi connectivity index (χ1n) is 7.48. The molecule has 0 saturated carbocycles. The van der Waals surface area contributed by atoms with Gasteiger partial charge in [-0.3, -0.25) is 0 Å². The second-order valence-corrected chi connectivity index (χ2v) is 9.56. The van der Waals surface area contributed by atoms with E-state index in [9.17, 15) is 21.6 Å². The minimum atomic E-state index is -4.13. The van der Waals surface area contributed by atoms with Crippen molar-refractivity contribution < 1.29 is 36.2 Å². The van der Waals surface area contributed by atoms with Gasteiger partial charge >= 0.3 is 5.97 Å². The van der Waals surface area contributed by atoms with Crippen LogP contribution in [0.15, 0.2) is 23.1 Å². The summed E-state index contributed by atoms with van der Waals surface area (Å²) in [7, 11) is -4.81. The summed E-state index contributed by atoms with van der Waals surface area (Å²) in [4.78, 5) is 10.4. The fraction of sp³-hybridized carbons (Fsp3) is 0.400. The van der Waals surface area contributed by atoms with Crippen molar-refractivity contribution in [2.75, 3.05) is 25.7 Å². The van der Waals surface area contributed by atoms with Crippen LogP contribution in [0.2, 0.25) is 0 Å². The van der Waals surface area contributed by atoms with Crippen LogP contribution in [0.25, 0.3) is 6.08 Å². The Morgan fingerprint density at radius 1 is 1.31 bits per heavy atom. The molecule has 11 heteroatoms. The van der Waals surface area contributed by atoms with E-state index in [1.54, 1.807) is 0 Å². The number of sulfone groups is 1. The van der Waals surface area contributed by atoms with Crippen molar-refractivity contribution in [3.63, 3.8) is 0 Å². The Balaban J connectivity index is 2.47. The van der Waals surface area contributed by atoms with E-state index in [-0.39, 0.29) is 39.9 Å². The summed E-state index contributed by atoms with van der Waals surface area (Å²) in [5.41, 5.74) is 0.268. The van der Waals surface area contributed by atoms with Gasteiger partial charge in [-0.25, -0.2) is 26.4 Å². The van der Waals surface area contributed by atoms with Crippen molar-refractivity contribution in [3.8, 4) is 11.5 Å². The van der Waals surface area contributed by atoms with Gasteiger partial charge in [0.05, 0.1) is 25.7 Å². The molecule has 0 aromatic heterocycles. The summed E-state index contributed by atoms with van der Waals surface area (Å²) < 4.78 is 61.2. The number of rotatable bonds is 7. The monoisotopic (exact) mass is 405 g/mol. The predicted octanol–water partition coefficient (Wildman–Crippen LogP) is 0.267. The molecule has 9 nitrogen and oxygen atoms in total. The van der Waals surface area contributed by atoms with E-state index in [2.05, 4.69) is 4.72 Å². The lowest BCUT2D eigenvalue weighted by molar-refractivity contribution is -0.131. The number of hydrogen-bond donors (Lipinski definition) is 2. The zero-order valence-corrected chi connectivity index (χ0v) is 15.8. The molecule has 0 unspecified atom stereocenters. The predicted molar refractivity (Wildman–Crippen MR) is 93.6 cm³/mol. The van der Waals surface area contributed by atoms with Gasteiger partial charge in [0, 0.05) is 12.1 Å². The molecule has 144 valence electrons. The lowest BCUT2D eigenvalue weighted by Gasteiger charge is -2.17. The zero-order chi connectivity index (χ0) is 19.5. The normalized spacial score (nSPS) is 19.5. The maximum absolute atomic E-state index is 12.8. The van der Waals surface area contributed by atoms with E-state index in [1.165, 1.54) is 32.4 Å². The van der Waals surface area contributed by atoms with Crippen molar-refractivity contribution in [1.82, 2.24) is 4.72 Å². The number of carboxylic acid groups (broad SMARTS) is 1. The van der Waals surface area contributed by atoms with E-state index in [0.29, 0.717) is 0 Å². The van der Waals surface area contributed by atoms with Crippen LogP contribution >= 0.6 is 0 Å². The highest BCUT2D eigenvalue weighted by atomic mass is 32.2. The fourth-order valence-electron chi connectivity index (χ4n) is 2.58. The Hall–Kier alpha value is -2.11. The van der Waals surface area contributed by atoms with Gasteiger partial charge in [-0.05, 0) is 30.2 Å². The molecule has 1 aliphatic heterocycles. The van der Waals surface area contributed by atoms with Crippen molar-refractivity contribution in [3.05, 3.63) is 23.8 Å². The maximum atomic E-state index is 12.8. The average molecular weight is 405 g/mol. The van der Waals surface area contributed by atoms with Crippen molar-refractivity contribution in [2.24, 2.45) is 0 Å². The molecule has 1 aromatic carbocycles. The molecule has 1 saturated heterocycles. The third-order valence-corrected chi connectivity index (χ3v) is 7.02. The number of nitrogens with one attached hydrogen (secondary N) is 1. The Morgan fingerprint density at radius 2 is 2.00 bits per heavy atom. The van der Waals surface area contributed by atoms with Crippen LogP contribution in [0.3, 0.4) is 0 Å². The molecular formula is C15H19NO8S2. The topological polar surface area (TPSA) is 136 Å². The summed E-state index contributed by atoms with van der Waals surface area (Å²) in [6.45, 7) is 0. The van der Waals surface area contributed by atoms with Gasteiger partial charge < -0.3 is 14.6 Å². The number of benzene rings is 1. The smallest absolute Gasteiger partial charge is 0.328 e. The first-order valence-corrected chi connectivity index (χ1v) is 10.8. The van der Waals surface area contributed by atoms with E-state index >= 15 is 0 Å². The van der Waals surface area contributed by atoms with Gasteiger partial charge in [-0.2, -0.15) is 0 Å². The third kappa shape index (κ3) is 4.74. The number of aliphatic carboxylic acids is 1. The molecule has 1 aliphatic rings. The lowest BCUT2D eigenvalue weighted by Crippen LogP contribution is -2.35. The van der Waals surface area contributed by atoms with Gasteiger partial charge in [0.2, 0.25) is 10.0 Å². The summed E-state index contributed by atoms with van der Waals surface area (Å²) in [5, 5.41) is 8.74. The van der Waals surface area contributed by atoms with Gasteiger partial charge in [0.15, 0.2) is 21.3 Å². The Bertz CT molecular complexity index is 935. The maximum Gasteiger partial charge on any atom is 0.328 e. The van der Waals surface area contributed by atoms with Crippen LogP contribution in [0.5, 0.6) is 11.5 Å². The van der Waals surface area contributed by atoms with Crippen LogP contribution in [-0.4, -0.2) is 59.7 Å². The highest BCUT2D eigenvalue weighted by Gasteiger charge is 2.33. The molecule has 0 radical (unpaired) electrons. The number of carboxylic acids is 1. The highest BCUT2D eigenvalue weighted by Crippen LogP contribution is 2.36. The zero-order valence-electron chi connectivity index (χ0n) is 14.1. The van der Waals surface area contributed by atoms with Crippen LogP contribution in [0, 0.1) is 0 Å². The molecular weight excluding hydrogens is 386 g/mol. The lowest BCUT2D eigenvalue weighted by atomic mass is 10.2. The summed E-state index contributed by atoms with van der Waals surface area (Å²) in [5.74, 6) is -1.52. The number of ether oxygens (including phenoxy) is 2. The SMILES string of the molecule is COc1cc(/C=C\C(=O)O)cc(S(=O)(=O)N[C@H]2CCS(=O)(=O)C2)c1OC. The second-order valence-electron chi connectivity index (χ2n) is 5.65. The molecule has 0 bridgehead atoms. The minimum absolute atomic E-state index is 0.0617. The molecule has 2 rings (SSSR count). The molecule has 2 N–H and O–H groups in total. The first-order chi connectivity index (χ1) is 12.1. The number of hydrogen-bond acceptors (Lipinski definition) is 7. The van der Waals surface area contributed by atoms with Crippen LogP contribution in [-0.2, 0) is 24.7 Å². The molecule has 0 spiro atoms. The largest absolute Gasteiger partial charge is 0.493 e. The van der Waals surface area contributed by atoms with Crippen LogP contribution in [0.4, 0.5) is 0 Å². The molecule has 0 amide bonds. The van der Waals surface area contributed by atoms with Gasteiger partial charge in [-0.1, -0.05) is 0 Å². The molecule has 1 aromatic rings. The first kappa shape index (κ1) is 20.2. The molecule has 26 heavy (non-hydrogen) atoms. The third-order valence-electron chi connectivity index (χ3n) is 3.73. The molecule has 1 fully saturated rings. The number of methoxy groups -OCH3 is 2. The molecule has 1 heterocycles. The minimum Gasteiger partial charge on any atom is -0.493 e. The van der Waals surface area contributed by atoms with Crippen molar-refractivity contribution in [2.45, 2.75) is 17.4 Å². The van der Waals surface area contributed by atoms with Crippen LogP contribution < -0.4 is 14.2 Å². The van der Waals surface area contributed by atoms with Gasteiger partial charge in [0.25, 0.3) is 0 Å². The highest BCUT2D eigenvalue weighted by molar-refractivity contribution is 7.92. The number of sulfonamides is 1. The molecule has 0 aliphatic carbocycles. The Morgan fingerprint density at radius 3 is 2.50 bits per heavy atom. The Kier molecular flexibility index (Phi) is 5.94. The van der Waals surface area contributed by atoms with Gasteiger partial charge in [0.1, 0.15) is 4.90 Å². The summed E-state index contributed by atoms with van der Waals surface area (Å²) >= 11 is 0. The van der Waals surface area contributed by atoms with E-state index in [4.69, 9.17) is 14.6 Å². The second kappa shape index (κ2) is 7.64. The summed E-state index contributed by atoms with van der Waals surface area (Å²) in [6.07, 6.45) is 2.25. The fourth-order valence-corrected chi connectivity index (χ4v) is 5.85. The van der Waals surface area contributed by atoms with Crippen molar-refractivity contribution in [1.29, 1.82) is 0 Å². The number of carbonyl (C=O) groups is 1. The van der Waals surface area contributed by atoms with E-state index in [1.807, 2.05) is 0 Å². The van der Waals surface area contributed by atoms with Crippen LogP contribution in [0.1, 0.15) is 12.0 Å². The van der Waals surface area contributed by atoms with E-state index < -0.39 is 31.9 Å². The van der Waals surface area contributed by atoms with Crippen molar-refractivity contribution >= 4 is 31.9 Å². The standard InChI is InChI=1S/C15H19NO8S2/c1-23-12-7-10(3-4-14(17)18)8-13(15(12)24-2)26(21,22)16-11-5-6-25(19,20)9-11/h3-4,7-8,11,16H,5-6,9H2,1-2H3,(H,17,18)/b4-3-/t11-/m0/s1. The quantitative estimate of drug-likeness (QED) is 0.617. The summed E-state index contributed by atoms with van der Waals surface area (Å²) in [6, 6.07) is 1.92. The van der Waals surface area contributed by atoms with E-state index in [0.717, 1.165) is 6.08 Å². The average Bonchev–Trinajstić information content (AvgIpc) is 2.89. The molecule has 1 atom stereocenters. The van der Waals surface area contributed by atoms with Gasteiger partial charge in [-0.15, -0.1) is 0 Å². The Labute approximate surface area is 151 Å².